The van der Waals surface area contributed by atoms with Crippen molar-refractivity contribution in [3.63, 3.8) is 0 Å². The molecule has 2 aliphatic heterocycles. The van der Waals surface area contributed by atoms with Gasteiger partial charge in [-0.25, -0.2) is 4.79 Å². The van der Waals surface area contributed by atoms with Gasteiger partial charge in [0, 0.05) is 6.04 Å². The molecule has 4 N–H and O–H groups in total. The van der Waals surface area contributed by atoms with Gasteiger partial charge >= 0.3 is 5.69 Å². The molecule has 3 atom stereocenters. The van der Waals surface area contributed by atoms with Crippen molar-refractivity contribution in [2.45, 2.75) is 37.3 Å². The van der Waals surface area contributed by atoms with E-state index in [1.165, 1.54) is 5.56 Å². The van der Waals surface area contributed by atoms with E-state index < -0.39 is 0 Å². The highest BCUT2D eigenvalue weighted by Gasteiger charge is 2.31. The predicted molar refractivity (Wildman–Crippen MR) is 142 cm³/mol. The lowest BCUT2D eigenvalue weighted by Crippen LogP contribution is -2.47. The lowest BCUT2D eigenvalue weighted by molar-refractivity contribution is -0.117. The average Bonchev–Trinajstić information content (AvgIpc) is 3.30. The van der Waals surface area contributed by atoms with Gasteiger partial charge in [0.2, 0.25) is 0 Å². The summed E-state index contributed by atoms with van der Waals surface area (Å²) in [6.45, 7) is 2.07. The van der Waals surface area contributed by atoms with Gasteiger partial charge in [0.05, 0.1) is 30.7 Å². The molecule has 0 spiro atoms. The Morgan fingerprint density at radius 1 is 1.03 bits per heavy atom. The third-order valence-electron chi connectivity index (χ3n) is 7.43. The maximum Gasteiger partial charge on any atom is 0.323 e. The highest BCUT2D eigenvalue weighted by Crippen LogP contribution is 2.36. The maximum atomic E-state index is 13.2. The van der Waals surface area contributed by atoms with Crippen molar-refractivity contribution in [2.75, 3.05) is 19.9 Å². The number of carbonyl (C=O) groups excluding carboxylic acids is 1. The smallest absolute Gasteiger partial charge is 0.323 e. The molecule has 8 heteroatoms. The molecule has 3 unspecified atom stereocenters. The number of aromatic nitrogens is 2. The predicted octanol–water partition coefficient (Wildman–Crippen LogP) is 2.89. The topological polar surface area (TPSA) is 105 Å². The second kappa shape index (κ2) is 9.72. The van der Waals surface area contributed by atoms with E-state index in [2.05, 4.69) is 49.9 Å². The van der Waals surface area contributed by atoms with Gasteiger partial charge in [0.25, 0.3) is 0 Å². The zero-order valence-electron chi connectivity index (χ0n) is 20.0. The number of hydrogen-bond acceptors (Lipinski definition) is 6. The number of carbonyl (C=O) groups is 1. The van der Waals surface area contributed by atoms with Crippen molar-refractivity contribution in [2.24, 2.45) is 4.99 Å². The zero-order valence-corrected chi connectivity index (χ0v) is 20.0. The molecule has 3 heterocycles. The molecule has 2 aromatic carbocycles. The van der Waals surface area contributed by atoms with E-state index in [1.54, 1.807) is 6.34 Å². The van der Waals surface area contributed by atoms with Gasteiger partial charge in [-0.1, -0.05) is 42.5 Å². The van der Waals surface area contributed by atoms with Crippen LogP contribution in [0.15, 0.2) is 76.0 Å². The number of piperidine rings is 1. The molecule has 1 saturated heterocycles. The quantitative estimate of drug-likeness (QED) is 0.448. The molecular weight excluding hydrogens is 452 g/mol. The van der Waals surface area contributed by atoms with Crippen molar-refractivity contribution in [1.82, 2.24) is 25.5 Å². The highest BCUT2D eigenvalue weighted by atomic mass is 16.1. The third-order valence-corrected chi connectivity index (χ3v) is 7.43. The van der Waals surface area contributed by atoms with E-state index in [1.807, 2.05) is 41.3 Å². The second-order valence-corrected chi connectivity index (χ2v) is 9.77. The maximum absolute atomic E-state index is 13.2. The van der Waals surface area contributed by atoms with Crippen LogP contribution in [0.5, 0.6) is 0 Å². The van der Waals surface area contributed by atoms with E-state index in [4.69, 9.17) is 0 Å². The van der Waals surface area contributed by atoms with Crippen molar-refractivity contribution < 1.29 is 4.79 Å². The van der Waals surface area contributed by atoms with Crippen LogP contribution in [0.25, 0.3) is 16.6 Å². The van der Waals surface area contributed by atoms with Crippen LogP contribution in [0.1, 0.15) is 36.3 Å². The first kappa shape index (κ1) is 22.7. The van der Waals surface area contributed by atoms with Crippen LogP contribution in [0.3, 0.4) is 0 Å². The minimum Gasteiger partial charge on any atom is -0.336 e. The van der Waals surface area contributed by atoms with Crippen LogP contribution >= 0.6 is 0 Å². The van der Waals surface area contributed by atoms with Gasteiger partial charge in [-0.3, -0.25) is 15.1 Å². The number of benzene rings is 2. The molecule has 3 aromatic rings. The number of ketones is 1. The highest BCUT2D eigenvalue weighted by molar-refractivity contribution is 6.05. The number of nitrogens with one attached hydrogen (secondary N) is 4. The second-order valence-electron chi connectivity index (χ2n) is 9.77. The average molecular weight is 483 g/mol. The number of hydrogen-bond donors (Lipinski definition) is 4. The number of aromatic amines is 2. The summed E-state index contributed by atoms with van der Waals surface area (Å²) < 4.78 is 0. The molecule has 0 bridgehead atoms. The molecule has 1 aliphatic carbocycles. The van der Waals surface area contributed by atoms with Crippen LogP contribution in [-0.4, -0.2) is 59.0 Å². The fraction of sp³-hybridized carbons (Fsp3) is 0.321. The van der Waals surface area contributed by atoms with E-state index in [-0.39, 0.29) is 23.6 Å². The molecule has 184 valence electrons. The Hall–Kier alpha value is -3.75. The minimum absolute atomic E-state index is 0.0851. The Morgan fingerprint density at radius 3 is 2.75 bits per heavy atom. The van der Waals surface area contributed by atoms with Crippen LogP contribution in [-0.2, 0) is 4.79 Å². The molecule has 8 nitrogen and oxygen atoms in total. The summed E-state index contributed by atoms with van der Waals surface area (Å²) in [5.41, 5.74) is 6.06. The number of H-pyrrole nitrogens is 2. The molecule has 0 saturated carbocycles. The monoisotopic (exact) mass is 482 g/mol. The van der Waals surface area contributed by atoms with Crippen LogP contribution < -0.4 is 16.3 Å². The first-order valence-electron chi connectivity index (χ1n) is 12.6. The van der Waals surface area contributed by atoms with Gasteiger partial charge < -0.3 is 20.2 Å². The SMILES string of the molecule is O=C1C=C(CC2CC(c3cccc4[nH]c(=O)[nH]c34)CCN2)C(c2ccccc2)=CC1N1C=NCNC1. The number of imidazole rings is 1. The summed E-state index contributed by atoms with van der Waals surface area (Å²) >= 11 is 0. The molecular formula is C28H30N6O2. The van der Waals surface area contributed by atoms with Crippen LogP contribution in [0, 0.1) is 0 Å². The number of para-hydroxylation sites is 1. The van der Waals surface area contributed by atoms with E-state index in [0.717, 1.165) is 53.6 Å². The normalized spacial score (nSPS) is 24.6. The largest absolute Gasteiger partial charge is 0.336 e. The zero-order chi connectivity index (χ0) is 24.5. The minimum atomic E-state index is -0.365. The molecule has 0 amide bonds. The summed E-state index contributed by atoms with van der Waals surface area (Å²) in [5.74, 6) is 0.417. The molecule has 1 fully saturated rings. The summed E-state index contributed by atoms with van der Waals surface area (Å²) in [6, 6.07) is 16.2. The van der Waals surface area contributed by atoms with Crippen molar-refractivity contribution >= 4 is 28.7 Å². The fourth-order valence-electron chi connectivity index (χ4n) is 5.74. The Kier molecular flexibility index (Phi) is 6.13. The Balaban J connectivity index is 1.27. The molecule has 0 radical (unpaired) electrons. The van der Waals surface area contributed by atoms with Gasteiger partial charge in [0.15, 0.2) is 5.78 Å². The van der Waals surface area contributed by atoms with E-state index >= 15 is 0 Å². The summed E-state index contributed by atoms with van der Waals surface area (Å²) in [7, 11) is 0. The summed E-state index contributed by atoms with van der Waals surface area (Å²) in [5, 5.41) is 6.89. The van der Waals surface area contributed by atoms with E-state index in [9.17, 15) is 9.59 Å². The Bertz CT molecular complexity index is 1420. The van der Waals surface area contributed by atoms with Gasteiger partial charge in [-0.15, -0.1) is 0 Å². The first-order valence-corrected chi connectivity index (χ1v) is 12.6. The van der Waals surface area contributed by atoms with Crippen molar-refractivity contribution in [1.29, 1.82) is 0 Å². The third kappa shape index (κ3) is 4.45. The Labute approximate surface area is 209 Å². The van der Waals surface area contributed by atoms with Gasteiger partial charge in [-0.2, -0.15) is 0 Å². The summed E-state index contributed by atoms with van der Waals surface area (Å²) in [6.07, 6.45) is 8.41. The lowest BCUT2D eigenvalue weighted by atomic mass is 9.80. The van der Waals surface area contributed by atoms with E-state index in [0.29, 0.717) is 19.3 Å². The first-order chi connectivity index (χ1) is 17.7. The van der Waals surface area contributed by atoms with Crippen molar-refractivity contribution in [3.05, 3.63) is 87.9 Å². The fourth-order valence-corrected chi connectivity index (χ4v) is 5.74. The van der Waals surface area contributed by atoms with Gasteiger partial charge in [-0.05, 0) is 72.2 Å². The molecule has 3 aliphatic rings. The Morgan fingerprint density at radius 2 is 1.92 bits per heavy atom. The summed E-state index contributed by atoms with van der Waals surface area (Å²) in [4.78, 5) is 37.3. The van der Waals surface area contributed by atoms with Crippen LogP contribution in [0.4, 0.5) is 0 Å². The molecule has 6 rings (SSSR count). The molecule has 36 heavy (non-hydrogen) atoms. The standard InChI is InChI=1S/C28H30N6O2/c35-26-13-20(23(18-5-2-1-3-6-18)14-25(26)34-16-29-15-30-17-34)12-21-11-19(9-10-31-21)22-7-4-8-24-27(22)33-28(36)32-24/h1-8,13-14,16,19,21,25,30-31H,9-12,15,17H2,(H2,32,33,36). The molecule has 1 aromatic heterocycles. The van der Waals surface area contributed by atoms with Crippen LogP contribution in [0.2, 0.25) is 0 Å². The van der Waals surface area contributed by atoms with Crippen molar-refractivity contribution in [3.8, 4) is 0 Å². The number of aliphatic imine (C=N–C) groups is 1. The number of allylic oxidation sites excluding steroid dienone is 1. The number of nitrogens with zero attached hydrogens (tertiary/aromatic N) is 2. The number of fused-ring (bicyclic) bond motifs is 1. The van der Waals surface area contributed by atoms with Gasteiger partial charge in [0.1, 0.15) is 6.04 Å². The number of rotatable bonds is 5. The lowest BCUT2D eigenvalue weighted by Gasteiger charge is -2.34.